The number of piperidine rings is 1. The second-order valence-electron chi connectivity index (χ2n) is 9.57. The van der Waals surface area contributed by atoms with E-state index in [9.17, 15) is 13.2 Å². The second kappa shape index (κ2) is 8.26. The number of imidazole rings is 1. The van der Waals surface area contributed by atoms with E-state index in [-0.39, 0.29) is 27.8 Å². The summed E-state index contributed by atoms with van der Waals surface area (Å²) in [7, 11) is -1.78. The Morgan fingerprint density at radius 3 is 2.33 bits per heavy atom. The molecule has 0 N–H and O–H groups in total. The molecule has 0 aromatic carbocycles. The highest BCUT2D eigenvalue weighted by Crippen LogP contribution is 2.25. The van der Waals surface area contributed by atoms with Crippen molar-refractivity contribution < 1.29 is 8.42 Å². The lowest BCUT2D eigenvalue weighted by molar-refractivity contribution is 0.250. The van der Waals surface area contributed by atoms with Gasteiger partial charge in [-0.3, -0.25) is 9.36 Å². The van der Waals surface area contributed by atoms with Crippen LogP contribution in [0.3, 0.4) is 0 Å². The number of aromatic nitrogens is 4. The second-order valence-corrected chi connectivity index (χ2v) is 11.4. The van der Waals surface area contributed by atoms with Gasteiger partial charge in [-0.25, -0.2) is 18.4 Å². The summed E-state index contributed by atoms with van der Waals surface area (Å²) in [6.45, 7) is 11.5. The summed E-state index contributed by atoms with van der Waals surface area (Å²) in [6.07, 6.45) is 4.62. The minimum Gasteiger partial charge on any atom is -0.336 e. The molecule has 1 aliphatic heterocycles. The third-order valence-electron chi connectivity index (χ3n) is 5.69. The Bertz CT molecular complexity index is 1060. The van der Waals surface area contributed by atoms with E-state index in [0.29, 0.717) is 32.5 Å². The smallest absolute Gasteiger partial charge is 0.262 e. The summed E-state index contributed by atoms with van der Waals surface area (Å²) in [6, 6.07) is 1.60. The zero-order chi connectivity index (χ0) is 22.3. The Hall–Kier alpha value is -2.00. The number of rotatable bonds is 5. The van der Waals surface area contributed by atoms with Gasteiger partial charge in [0.1, 0.15) is 5.82 Å². The lowest BCUT2D eigenvalue weighted by Gasteiger charge is -2.31. The number of nitrogens with zero attached hydrogens (tertiary/aromatic N) is 5. The maximum atomic E-state index is 13.0. The van der Waals surface area contributed by atoms with Crippen molar-refractivity contribution >= 4 is 10.0 Å². The largest absolute Gasteiger partial charge is 0.336 e. The monoisotopic (exact) mass is 435 g/mol. The first-order valence-electron chi connectivity index (χ1n) is 10.5. The van der Waals surface area contributed by atoms with Gasteiger partial charge in [0.15, 0.2) is 5.03 Å². The summed E-state index contributed by atoms with van der Waals surface area (Å²) >= 11 is 0. The van der Waals surface area contributed by atoms with Crippen LogP contribution < -0.4 is 5.56 Å². The van der Waals surface area contributed by atoms with E-state index < -0.39 is 10.0 Å². The molecule has 1 aliphatic rings. The van der Waals surface area contributed by atoms with Gasteiger partial charge in [-0.2, -0.15) is 4.31 Å². The van der Waals surface area contributed by atoms with Crippen molar-refractivity contribution in [3.05, 3.63) is 40.5 Å². The highest BCUT2D eigenvalue weighted by atomic mass is 32.2. The quantitative estimate of drug-likeness (QED) is 0.720. The van der Waals surface area contributed by atoms with Crippen molar-refractivity contribution in [2.75, 3.05) is 13.1 Å². The molecule has 166 valence electrons. The van der Waals surface area contributed by atoms with Crippen LogP contribution in [0.1, 0.15) is 64.9 Å². The standard InChI is InChI=1S/C21H33N5O3S/c1-15(2)20-23-18(13-24(20)6)30(28,29)26-9-7-16(8-10-26)12-25-14-22-17(11-19(25)27)21(3,4)5/h11,13-16H,7-10,12H2,1-6H3. The predicted octanol–water partition coefficient (Wildman–Crippen LogP) is 2.50. The fourth-order valence-corrected chi connectivity index (χ4v) is 5.29. The predicted molar refractivity (Wildman–Crippen MR) is 116 cm³/mol. The van der Waals surface area contributed by atoms with Crippen molar-refractivity contribution in [2.24, 2.45) is 13.0 Å². The first-order valence-corrected chi connectivity index (χ1v) is 11.9. The molecule has 0 aliphatic carbocycles. The topological polar surface area (TPSA) is 90.1 Å². The SMILES string of the molecule is CC(C)c1nc(S(=O)(=O)N2CCC(Cn3cnc(C(C)(C)C)cc3=O)CC2)cn1C. The summed E-state index contributed by atoms with van der Waals surface area (Å²) in [5.41, 5.74) is 0.555. The van der Waals surface area contributed by atoms with E-state index in [1.54, 1.807) is 27.7 Å². The average Bonchev–Trinajstić information content (AvgIpc) is 3.06. The molecule has 1 saturated heterocycles. The van der Waals surface area contributed by atoms with Gasteiger partial charge >= 0.3 is 0 Å². The number of aryl methyl sites for hydroxylation is 1. The van der Waals surface area contributed by atoms with Crippen LogP contribution in [-0.4, -0.2) is 44.9 Å². The van der Waals surface area contributed by atoms with E-state index in [2.05, 4.69) is 9.97 Å². The first kappa shape index (κ1) is 22.7. The van der Waals surface area contributed by atoms with Gasteiger partial charge in [-0.1, -0.05) is 34.6 Å². The fraction of sp³-hybridized carbons (Fsp3) is 0.667. The Morgan fingerprint density at radius 1 is 1.20 bits per heavy atom. The van der Waals surface area contributed by atoms with E-state index >= 15 is 0 Å². The van der Waals surface area contributed by atoms with Crippen LogP contribution in [0.15, 0.2) is 28.4 Å². The molecule has 9 heteroatoms. The van der Waals surface area contributed by atoms with Gasteiger partial charge in [-0.15, -0.1) is 0 Å². The number of hydrogen-bond acceptors (Lipinski definition) is 5. The van der Waals surface area contributed by atoms with Gasteiger partial charge in [0.2, 0.25) is 0 Å². The highest BCUT2D eigenvalue weighted by Gasteiger charge is 2.32. The van der Waals surface area contributed by atoms with Gasteiger partial charge in [0, 0.05) is 50.3 Å². The van der Waals surface area contributed by atoms with E-state index in [1.165, 1.54) is 4.31 Å². The summed E-state index contributed by atoms with van der Waals surface area (Å²) in [5.74, 6) is 1.15. The molecule has 2 aromatic heterocycles. The Balaban J connectivity index is 1.66. The van der Waals surface area contributed by atoms with Crippen molar-refractivity contribution in [1.29, 1.82) is 0 Å². The molecule has 0 unspecified atom stereocenters. The Kier molecular flexibility index (Phi) is 6.25. The molecule has 2 aromatic rings. The summed E-state index contributed by atoms with van der Waals surface area (Å²) in [5, 5.41) is 0.116. The molecule has 30 heavy (non-hydrogen) atoms. The zero-order valence-electron chi connectivity index (χ0n) is 18.8. The molecular weight excluding hydrogens is 402 g/mol. The van der Waals surface area contributed by atoms with Crippen molar-refractivity contribution in [2.45, 2.75) is 70.4 Å². The maximum Gasteiger partial charge on any atom is 0.262 e. The number of hydrogen-bond donors (Lipinski definition) is 0. The third kappa shape index (κ3) is 4.67. The maximum absolute atomic E-state index is 13.0. The Morgan fingerprint density at radius 2 is 1.83 bits per heavy atom. The molecule has 0 bridgehead atoms. The first-order chi connectivity index (χ1) is 13.9. The van der Waals surface area contributed by atoms with Gasteiger partial charge in [0.05, 0.1) is 12.0 Å². The normalized spacial score (nSPS) is 17.0. The third-order valence-corrected chi connectivity index (χ3v) is 7.46. The number of sulfonamides is 1. The molecule has 1 fully saturated rings. The van der Waals surface area contributed by atoms with E-state index in [0.717, 1.165) is 11.5 Å². The molecule has 3 rings (SSSR count). The highest BCUT2D eigenvalue weighted by molar-refractivity contribution is 7.89. The van der Waals surface area contributed by atoms with Crippen LogP contribution in [0.5, 0.6) is 0 Å². The molecule has 3 heterocycles. The molecule has 0 saturated carbocycles. The van der Waals surface area contributed by atoms with Gasteiger partial charge < -0.3 is 4.57 Å². The molecule has 0 radical (unpaired) electrons. The van der Waals surface area contributed by atoms with Crippen LogP contribution in [0.2, 0.25) is 0 Å². The van der Waals surface area contributed by atoms with Crippen molar-refractivity contribution in [3.63, 3.8) is 0 Å². The minimum absolute atomic E-state index is 0.0559. The molecule has 0 atom stereocenters. The zero-order valence-corrected chi connectivity index (χ0v) is 19.6. The van der Waals surface area contributed by atoms with Crippen molar-refractivity contribution in [3.8, 4) is 0 Å². The van der Waals surface area contributed by atoms with Crippen LogP contribution in [0.25, 0.3) is 0 Å². The van der Waals surface area contributed by atoms with Crippen LogP contribution >= 0.6 is 0 Å². The lowest BCUT2D eigenvalue weighted by atomic mass is 9.92. The average molecular weight is 436 g/mol. The van der Waals surface area contributed by atoms with Gasteiger partial charge in [0.25, 0.3) is 15.6 Å². The van der Waals surface area contributed by atoms with Crippen LogP contribution in [0.4, 0.5) is 0 Å². The van der Waals surface area contributed by atoms with Crippen molar-refractivity contribution in [1.82, 2.24) is 23.4 Å². The van der Waals surface area contributed by atoms with Crippen LogP contribution in [0, 0.1) is 5.92 Å². The lowest BCUT2D eigenvalue weighted by Crippen LogP contribution is -2.40. The Labute approximate surface area is 179 Å². The molecular formula is C21H33N5O3S. The summed E-state index contributed by atoms with van der Waals surface area (Å²) < 4.78 is 31.0. The minimum atomic E-state index is -3.60. The molecule has 0 amide bonds. The molecule has 0 spiro atoms. The van der Waals surface area contributed by atoms with E-state index in [1.807, 2.05) is 41.7 Å². The van der Waals surface area contributed by atoms with E-state index in [4.69, 9.17) is 0 Å². The fourth-order valence-electron chi connectivity index (χ4n) is 3.83. The van der Waals surface area contributed by atoms with Crippen LogP contribution in [-0.2, 0) is 29.0 Å². The van der Waals surface area contributed by atoms with Gasteiger partial charge in [-0.05, 0) is 18.8 Å². The molecule has 8 nitrogen and oxygen atoms in total. The summed E-state index contributed by atoms with van der Waals surface area (Å²) in [4.78, 5) is 21.3.